The lowest BCUT2D eigenvalue weighted by atomic mass is 9.83. The Balaban J connectivity index is 1.32. The first kappa shape index (κ1) is 26.0. The van der Waals surface area contributed by atoms with Crippen LogP contribution < -0.4 is 10.2 Å². The molecule has 0 unspecified atom stereocenters. The van der Waals surface area contributed by atoms with Crippen LogP contribution in [0.5, 0.6) is 0 Å². The molecule has 3 aliphatic heterocycles. The molecule has 4 aliphatic rings. The van der Waals surface area contributed by atoms with E-state index < -0.39 is 36.4 Å². The zero-order chi connectivity index (χ0) is 26.1. The summed E-state index contributed by atoms with van der Waals surface area (Å²) in [5.74, 6) is -2.48. The summed E-state index contributed by atoms with van der Waals surface area (Å²) in [6.45, 7) is 3.29. The van der Waals surface area contributed by atoms with Crippen LogP contribution in [0, 0.1) is 11.8 Å². The number of halogens is 2. The van der Waals surface area contributed by atoms with E-state index in [1.807, 2.05) is 12.1 Å². The molecule has 0 spiro atoms. The Hall–Kier alpha value is -2.59. The van der Waals surface area contributed by atoms with Crippen LogP contribution >= 0.6 is 0 Å². The summed E-state index contributed by atoms with van der Waals surface area (Å²) in [6.07, 6.45) is 0.801. The third-order valence-corrected chi connectivity index (χ3v) is 8.50. The van der Waals surface area contributed by atoms with E-state index in [9.17, 15) is 23.2 Å². The number of alkyl halides is 2. The number of ether oxygens (including phenoxy) is 1. The molecule has 3 saturated heterocycles. The molecular formula is C27H36F2N4O4. The number of Topliss-reactive ketones (excluding diaryl/α,β-unsaturated/α-hetero) is 1. The Morgan fingerprint density at radius 1 is 1.03 bits per heavy atom. The summed E-state index contributed by atoms with van der Waals surface area (Å²) in [5.41, 5.74) is 1.49. The lowest BCUT2D eigenvalue weighted by Gasteiger charge is -2.34. The van der Waals surface area contributed by atoms with Gasteiger partial charge in [0.15, 0.2) is 5.78 Å². The molecule has 1 aliphatic carbocycles. The lowest BCUT2D eigenvalue weighted by molar-refractivity contribution is -0.139. The average Bonchev–Trinajstić information content (AvgIpc) is 3.48. The first-order valence-electron chi connectivity index (χ1n) is 13.4. The second-order valence-corrected chi connectivity index (χ2v) is 10.9. The van der Waals surface area contributed by atoms with Crippen molar-refractivity contribution >= 4 is 23.3 Å². The van der Waals surface area contributed by atoms with Gasteiger partial charge in [-0.2, -0.15) is 0 Å². The van der Waals surface area contributed by atoms with Crippen LogP contribution in [-0.4, -0.2) is 98.4 Å². The zero-order valence-electron chi connectivity index (χ0n) is 21.3. The number of carbonyl (C=O) groups is 3. The first-order valence-corrected chi connectivity index (χ1v) is 13.4. The molecule has 8 nitrogen and oxygen atoms in total. The van der Waals surface area contributed by atoms with Gasteiger partial charge in [0.05, 0.1) is 12.0 Å². The summed E-state index contributed by atoms with van der Waals surface area (Å²) >= 11 is 0. The van der Waals surface area contributed by atoms with Gasteiger partial charge in [-0.1, -0.05) is 19.3 Å². The minimum Gasteiger partial charge on any atom is -0.369 e. The molecule has 202 valence electrons. The van der Waals surface area contributed by atoms with E-state index in [2.05, 4.69) is 22.2 Å². The van der Waals surface area contributed by atoms with E-state index in [4.69, 9.17) is 4.74 Å². The molecule has 37 heavy (non-hydrogen) atoms. The summed E-state index contributed by atoms with van der Waals surface area (Å²) in [4.78, 5) is 45.4. The van der Waals surface area contributed by atoms with Crippen molar-refractivity contribution in [2.24, 2.45) is 11.8 Å². The van der Waals surface area contributed by atoms with Crippen molar-refractivity contribution in [2.45, 2.75) is 56.7 Å². The fourth-order valence-corrected chi connectivity index (χ4v) is 6.28. The van der Waals surface area contributed by atoms with Gasteiger partial charge in [-0.25, -0.2) is 8.78 Å². The predicted octanol–water partition coefficient (Wildman–Crippen LogP) is 2.18. The van der Waals surface area contributed by atoms with Gasteiger partial charge in [0.2, 0.25) is 12.3 Å². The van der Waals surface area contributed by atoms with Crippen LogP contribution in [0.4, 0.5) is 14.5 Å². The van der Waals surface area contributed by atoms with Crippen molar-refractivity contribution in [1.82, 2.24) is 15.1 Å². The summed E-state index contributed by atoms with van der Waals surface area (Å²) < 4.78 is 32.8. The Kier molecular flexibility index (Phi) is 7.76. The number of amides is 2. The van der Waals surface area contributed by atoms with E-state index in [0.717, 1.165) is 64.0 Å². The summed E-state index contributed by atoms with van der Waals surface area (Å²) in [7, 11) is 2.10. The zero-order valence-corrected chi connectivity index (χ0v) is 21.3. The van der Waals surface area contributed by atoms with Crippen LogP contribution in [-0.2, 0) is 14.3 Å². The van der Waals surface area contributed by atoms with Crippen LogP contribution in [0.25, 0.3) is 0 Å². The van der Waals surface area contributed by atoms with Crippen LogP contribution in [0.1, 0.15) is 42.5 Å². The van der Waals surface area contributed by atoms with Gasteiger partial charge >= 0.3 is 0 Å². The Morgan fingerprint density at radius 2 is 1.70 bits per heavy atom. The van der Waals surface area contributed by atoms with Gasteiger partial charge in [-0.3, -0.25) is 14.4 Å². The smallest absolute Gasteiger partial charge is 0.251 e. The Labute approximate surface area is 216 Å². The number of nitrogens with zero attached hydrogens (tertiary/aromatic N) is 3. The topological polar surface area (TPSA) is 82.2 Å². The van der Waals surface area contributed by atoms with Crippen molar-refractivity contribution in [1.29, 1.82) is 0 Å². The normalized spacial score (nSPS) is 28.0. The molecule has 1 saturated carbocycles. The van der Waals surface area contributed by atoms with Gasteiger partial charge in [-0.05, 0) is 50.1 Å². The minimum absolute atomic E-state index is 0.101. The molecule has 0 aromatic heterocycles. The molecule has 5 rings (SSSR count). The third-order valence-electron chi connectivity index (χ3n) is 8.50. The highest BCUT2D eigenvalue weighted by Crippen LogP contribution is 2.37. The maximum absolute atomic E-state index is 13.8. The number of likely N-dealkylation sites (N-methyl/N-ethyl adjacent to an activating group) is 1. The molecule has 3 heterocycles. The molecular weight excluding hydrogens is 482 g/mol. The number of rotatable bonds is 6. The number of hydrogen-bond donors (Lipinski definition) is 1. The van der Waals surface area contributed by atoms with E-state index in [1.165, 1.54) is 4.90 Å². The van der Waals surface area contributed by atoms with Crippen molar-refractivity contribution in [3.05, 3.63) is 29.8 Å². The molecule has 4 fully saturated rings. The number of hydrogen-bond acceptors (Lipinski definition) is 6. The van der Waals surface area contributed by atoms with Crippen LogP contribution in [0.2, 0.25) is 0 Å². The molecule has 1 aromatic rings. The van der Waals surface area contributed by atoms with E-state index in [0.29, 0.717) is 5.56 Å². The second kappa shape index (κ2) is 11.0. The average molecular weight is 519 g/mol. The number of anilines is 1. The molecule has 0 bridgehead atoms. The van der Waals surface area contributed by atoms with E-state index in [1.54, 1.807) is 12.1 Å². The first-order chi connectivity index (χ1) is 17.8. The molecule has 10 heteroatoms. The third kappa shape index (κ3) is 5.36. The van der Waals surface area contributed by atoms with Crippen molar-refractivity contribution in [3.8, 4) is 0 Å². The van der Waals surface area contributed by atoms with E-state index >= 15 is 0 Å². The van der Waals surface area contributed by atoms with Gasteiger partial charge in [-0.15, -0.1) is 0 Å². The fraction of sp³-hybridized carbons (Fsp3) is 0.667. The molecule has 1 aromatic carbocycles. The number of carbonyl (C=O) groups excluding carboxylic acids is 3. The van der Waals surface area contributed by atoms with Crippen molar-refractivity contribution in [2.75, 3.05) is 51.3 Å². The lowest BCUT2D eigenvalue weighted by Crippen LogP contribution is -2.55. The maximum Gasteiger partial charge on any atom is 0.251 e. The minimum atomic E-state index is -2.70. The van der Waals surface area contributed by atoms with Gasteiger partial charge in [0.1, 0.15) is 18.7 Å². The SMILES string of the molecule is CN1CCN(c2ccc(C(=O)N[C@H](C(=O)N3C[C@H](C(F)F)[C@H]4OCC(=O)[C@H]43)C3CCCCC3)cc2)CC1. The number of ketones is 1. The van der Waals surface area contributed by atoms with Gasteiger partial charge in [0, 0.05) is 44.0 Å². The summed E-state index contributed by atoms with van der Waals surface area (Å²) in [5, 5.41) is 2.93. The van der Waals surface area contributed by atoms with Crippen LogP contribution in [0.15, 0.2) is 24.3 Å². The number of likely N-dealkylation sites (tertiary alicyclic amines) is 1. The molecule has 0 radical (unpaired) electrons. The Morgan fingerprint density at radius 3 is 2.35 bits per heavy atom. The summed E-state index contributed by atoms with van der Waals surface area (Å²) in [6, 6.07) is 5.50. The van der Waals surface area contributed by atoms with Crippen molar-refractivity contribution in [3.63, 3.8) is 0 Å². The largest absolute Gasteiger partial charge is 0.369 e. The maximum atomic E-state index is 13.8. The second-order valence-electron chi connectivity index (χ2n) is 10.9. The van der Waals surface area contributed by atoms with E-state index in [-0.39, 0.29) is 30.8 Å². The van der Waals surface area contributed by atoms with Crippen LogP contribution in [0.3, 0.4) is 0 Å². The number of nitrogens with one attached hydrogen (secondary N) is 1. The highest BCUT2D eigenvalue weighted by atomic mass is 19.3. The highest BCUT2D eigenvalue weighted by molar-refractivity contribution is 5.99. The van der Waals surface area contributed by atoms with Crippen molar-refractivity contribution < 1.29 is 27.9 Å². The highest BCUT2D eigenvalue weighted by Gasteiger charge is 2.56. The molecule has 1 N–H and O–H groups in total. The predicted molar refractivity (Wildman–Crippen MR) is 134 cm³/mol. The number of piperazine rings is 1. The monoisotopic (exact) mass is 518 g/mol. The molecule has 2 amide bonds. The number of fused-ring (bicyclic) bond motifs is 1. The quantitative estimate of drug-likeness (QED) is 0.622. The number of benzene rings is 1. The molecule has 4 atom stereocenters. The standard InChI is InChI=1S/C27H36F2N4O4/c1-31-11-13-32(14-12-31)19-9-7-18(8-10-19)26(35)30-22(17-5-3-2-4-6-17)27(36)33-15-20(25(28)29)24-23(33)21(34)16-37-24/h7-10,17,20,22-25H,2-6,11-16H2,1H3,(H,30,35)/t20-,22-,23+,24+/m0/s1. The Bertz CT molecular complexity index is 993. The van der Waals surface area contributed by atoms with Gasteiger partial charge < -0.3 is 24.8 Å². The van der Waals surface area contributed by atoms with Gasteiger partial charge in [0.25, 0.3) is 5.91 Å². The fourth-order valence-electron chi connectivity index (χ4n) is 6.28.